The van der Waals surface area contributed by atoms with Gasteiger partial charge in [0.05, 0.1) is 10.9 Å². The van der Waals surface area contributed by atoms with Crippen LogP contribution < -0.4 is 20.8 Å². The Bertz CT molecular complexity index is 1350. The maximum atomic E-state index is 12.4. The average molecular weight is 407 g/mol. The Morgan fingerprint density at radius 2 is 1.90 bits per heavy atom. The SMILES string of the molecule is Cc1ccc(NC(=O)Cn2c(O)c(C3=c4ccccc4=NC3=O)sc2=O)cc1C. The zero-order valence-corrected chi connectivity index (χ0v) is 16.5. The van der Waals surface area contributed by atoms with E-state index in [0.717, 1.165) is 27.0 Å². The number of hydrogen-bond donors (Lipinski definition) is 2. The summed E-state index contributed by atoms with van der Waals surface area (Å²) in [5.74, 6) is -1.39. The lowest BCUT2D eigenvalue weighted by atomic mass is 10.1. The summed E-state index contributed by atoms with van der Waals surface area (Å²) < 4.78 is 0.956. The Labute approximate surface area is 169 Å². The van der Waals surface area contributed by atoms with Crippen molar-refractivity contribution in [2.24, 2.45) is 4.99 Å². The summed E-state index contributed by atoms with van der Waals surface area (Å²) in [4.78, 5) is 40.7. The number of aromatic nitrogens is 1. The van der Waals surface area contributed by atoms with Gasteiger partial charge < -0.3 is 10.4 Å². The number of para-hydroxylation sites is 1. The Morgan fingerprint density at radius 3 is 2.66 bits per heavy atom. The number of aromatic hydroxyl groups is 1. The molecule has 0 fully saturated rings. The molecule has 4 rings (SSSR count). The summed E-state index contributed by atoms with van der Waals surface area (Å²) in [6.07, 6.45) is 0. The normalized spacial score (nSPS) is 12.6. The quantitative estimate of drug-likeness (QED) is 0.679. The smallest absolute Gasteiger partial charge is 0.311 e. The minimum Gasteiger partial charge on any atom is -0.493 e. The summed E-state index contributed by atoms with van der Waals surface area (Å²) in [6.45, 7) is 3.54. The first-order valence-electron chi connectivity index (χ1n) is 8.87. The van der Waals surface area contributed by atoms with E-state index in [1.807, 2.05) is 26.0 Å². The van der Waals surface area contributed by atoms with Crippen molar-refractivity contribution in [3.05, 3.63) is 78.7 Å². The maximum Gasteiger partial charge on any atom is 0.311 e. The molecule has 2 N–H and O–H groups in total. The highest BCUT2D eigenvalue weighted by Gasteiger charge is 2.26. The summed E-state index contributed by atoms with van der Waals surface area (Å²) >= 11 is 0.718. The van der Waals surface area contributed by atoms with E-state index in [9.17, 15) is 19.5 Å². The van der Waals surface area contributed by atoms with E-state index in [-0.39, 0.29) is 17.0 Å². The van der Waals surface area contributed by atoms with E-state index in [2.05, 4.69) is 10.3 Å². The number of nitrogens with zero attached hydrogens (tertiary/aromatic N) is 2. The van der Waals surface area contributed by atoms with Crippen molar-refractivity contribution in [2.75, 3.05) is 5.32 Å². The van der Waals surface area contributed by atoms with Gasteiger partial charge in [-0.25, -0.2) is 4.99 Å². The van der Waals surface area contributed by atoms with Crippen LogP contribution in [0.3, 0.4) is 0 Å². The minimum atomic E-state index is -0.530. The van der Waals surface area contributed by atoms with Gasteiger partial charge >= 0.3 is 4.87 Å². The molecule has 2 aromatic carbocycles. The van der Waals surface area contributed by atoms with Crippen LogP contribution in [0.25, 0.3) is 5.57 Å². The van der Waals surface area contributed by atoms with Crippen LogP contribution in [0.2, 0.25) is 0 Å². The fraction of sp³-hybridized carbons (Fsp3) is 0.143. The highest BCUT2D eigenvalue weighted by molar-refractivity contribution is 7.11. The molecule has 8 heteroatoms. The number of rotatable bonds is 4. The van der Waals surface area contributed by atoms with Gasteiger partial charge in [-0.3, -0.25) is 19.0 Å². The number of amides is 2. The highest BCUT2D eigenvalue weighted by Crippen LogP contribution is 2.28. The number of carbonyl (C=O) groups excluding carboxylic acids is 2. The van der Waals surface area contributed by atoms with Gasteiger partial charge in [-0.2, -0.15) is 0 Å². The third kappa shape index (κ3) is 3.38. The first kappa shape index (κ1) is 18.8. The van der Waals surface area contributed by atoms with Crippen molar-refractivity contribution in [3.8, 4) is 5.88 Å². The van der Waals surface area contributed by atoms with Crippen LogP contribution in [-0.2, 0) is 16.1 Å². The molecule has 1 aliphatic heterocycles. The molecule has 0 atom stereocenters. The molecule has 7 nitrogen and oxygen atoms in total. The minimum absolute atomic E-state index is 0.118. The molecular weight excluding hydrogens is 390 g/mol. The topological polar surface area (TPSA) is 101 Å². The predicted molar refractivity (Wildman–Crippen MR) is 110 cm³/mol. The number of carbonyl (C=O) groups is 2. The van der Waals surface area contributed by atoms with Gasteiger partial charge in [0.1, 0.15) is 11.4 Å². The molecule has 0 saturated heterocycles. The summed E-state index contributed by atoms with van der Waals surface area (Å²) in [7, 11) is 0. The molecule has 0 aliphatic carbocycles. The second kappa shape index (κ2) is 7.14. The number of hydrogen-bond acceptors (Lipinski definition) is 5. The predicted octanol–water partition coefficient (Wildman–Crippen LogP) is 1.23. The summed E-state index contributed by atoms with van der Waals surface area (Å²) in [5, 5.41) is 14.4. The number of fused-ring (bicyclic) bond motifs is 1. The second-order valence-electron chi connectivity index (χ2n) is 6.76. The molecule has 29 heavy (non-hydrogen) atoms. The van der Waals surface area contributed by atoms with Crippen LogP contribution >= 0.6 is 11.3 Å². The van der Waals surface area contributed by atoms with Crippen molar-refractivity contribution in [1.29, 1.82) is 0 Å². The molecule has 0 bridgehead atoms. The lowest BCUT2D eigenvalue weighted by molar-refractivity contribution is -0.117. The molecule has 0 radical (unpaired) electrons. The van der Waals surface area contributed by atoms with Crippen LogP contribution in [0.5, 0.6) is 5.88 Å². The molecule has 3 aromatic rings. The van der Waals surface area contributed by atoms with Crippen LogP contribution in [0, 0.1) is 13.8 Å². The average Bonchev–Trinajstić information content (AvgIpc) is 3.14. The number of nitrogens with one attached hydrogen (secondary N) is 1. The monoisotopic (exact) mass is 407 g/mol. The van der Waals surface area contributed by atoms with Crippen molar-refractivity contribution in [1.82, 2.24) is 4.57 Å². The fourth-order valence-electron chi connectivity index (χ4n) is 3.15. The van der Waals surface area contributed by atoms with Gasteiger partial charge in [0, 0.05) is 10.9 Å². The number of anilines is 1. The van der Waals surface area contributed by atoms with Crippen LogP contribution in [0.1, 0.15) is 16.0 Å². The molecule has 146 valence electrons. The Balaban J connectivity index is 1.66. The summed E-state index contributed by atoms with van der Waals surface area (Å²) in [5.41, 5.74) is 2.91. The third-order valence-corrected chi connectivity index (χ3v) is 5.78. The van der Waals surface area contributed by atoms with Crippen molar-refractivity contribution in [3.63, 3.8) is 0 Å². The van der Waals surface area contributed by atoms with Gasteiger partial charge in [0.2, 0.25) is 11.8 Å². The number of benzene rings is 2. The zero-order chi connectivity index (χ0) is 20.7. The van der Waals surface area contributed by atoms with Gasteiger partial charge in [0.15, 0.2) is 0 Å². The van der Waals surface area contributed by atoms with Crippen LogP contribution in [0.4, 0.5) is 5.69 Å². The van der Waals surface area contributed by atoms with E-state index in [4.69, 9.17) is 0 Å². The van der Waals surface area contributed by atoms with Crippen LogP contribution in [0.15, 0.2) is 52.3 Å². The van der Waals surface area contributed by atoms with E-state index >= 15 is 0 Å². The molecule has 1 aliphatic rings. The second-order valence-corrected chi connectivity index (χ2v) is 7.72. The number of aryl methyl sites for hydroxylation is 2. The van der Waals surface area contributed by atoms with Gasteiger partial charge in [-0.1, -0.05) is 35.6 Å². The molecule has 0 spiro atoms. The first-order chi connectivity index (χ1) is 13.8. The highest BCUT2D eigenvalue weighted by atomic mass is 32.1. The van der Waals surface area contributed by atoms with E-state index in [1.165, 1.54) is 0 Å². The zero-order valence-electron chi connectivity index (χ0n) is 15.7. The molecule has 1 aromatic heterocycles. The molecule has 2 amide bonds. The largest absolute Gasteiger partial charge is 0.493 e. The lowest BCUT2D eigenvalue weighted by Crippen LogP contribution is -2.24. The van der Waals surface area contributed by atoms with Crippen molar-refractivity contribution in [2.45, 2.75) is 20.4 Å². The fourth-order valence-corrected chi connectivity index (χ4v) is 4.08. The molecule has 2 heterocycles. The maximum absolute atomic E-state index is 12.4. The number of thiazole rings is 1. The van der Waals surface area contributed by atoms with Crippen molar-refractivity contribution < 1.29 is 14.7 Å². The van der Waals surface area contributed by atoms with E-state index < -0.39 is 22.6 Å². The van der Waals surface area contributed by atoms with E-state index in [0.29, 0.717) is 16.3 Å². The first-order valence-corrected chi connectivity index (χ1v) is 9.69. The third-order valence-electron chi connectivity index (χ3n) is 4.80. The van der Waals surface area contributed by atoms with Gasteiger partial charge in [0.25, 0.3) is 5.91 Å². The molecular formula is C21H17N3O4S. The Kier molecular flexibility index (Phi) is 4.63. The van der Waals surface area contributed by atoms with Crippen LogP contribution in [-0.4, -0.2) is 21.5 Å². The van der Waals surface area contributed by atoms with Gasteiger partial charge in [-0.15, -0.1) is 0 Å². The van der Waals surface area contributed by atoms with Crippen molar-refractivity contribution >= 4 is 34.4 Å². The van der Waals surface area contributed by atoms with Gasteiger partial charge in [-0.05, 0) is 43.2 Å². The summed E-state index contributed by atoms with van der Waals surface area (Å²) in [6, 6.07) is 12.4. The molecule has 0 saturated carbocycles. The Morgan fingerprint density at radius 1 is 1.14 bits per heavy atom. The van der Waals surface area contributed by atoms with E-state index in [1.54, 1.807) is 30.3 Å². The standard InChI is InChI=1S/C21H17N3O4S/c1-11-7-8-13(9-12(11)2)22-16(25)10-24-20(27)18(29-21(24)28)17-14-5-3-4-6-15(14)23-19(17)26/h3-9,27H,10H2,1-2H3,(H,22,25). The Hall–Kier alpha value is -3.52. The lowest BCUT2D eigenvalue weighted by Gasteiger charge is -2.08. The molecule has 0 unspecified atom stereocenters.